The summed E-state index contributed by atoms with van der Waals surface area (Å²) in [5, 5.41) is 135. The number of ether oxygens (including phenoxy) is 7. The molecule has 53 heavy (non-hydrogen) atoms. The fourth-order valence-electron chi connectivity index (χ4n) is 6.74. The van der Waals surface area contributed by atoms with Gasteiger partial charge in [-0.15, -0.1) is 11.8 Å². The number of rotatable bonds is 18. The summed E-state index contributed by atoms with van der Waals surface area (Å²) in [6, 6.07) is 0. The van der Waals surface area contributed by atoms with Crippen molar-refractivity contribution < 1.29 is 99.5 Å². The molecule has 4 aliphatic heterocycles. The summed E-state index contributed by atoms with van der Waals surface area (Å²) >= 11 is 0.579. The second kappa shape index (κ2) is 21.3. The SMILES string of the molecule is CCCCCCCCO[C@@H]1O[C@H](CO)[C@@H](O[C@@H]2O[C@H](CO)[C@H](O)[C@H](S[C@H]3O[C@H](CO)[C@H](O)[C@H](O[C@H]4O[C@H](CO)[C@H](O)[C@H](O)[C@H]4O)[C@H]3O)[C@H]2O)[C@H](O)[C@H]1O. The summed E-state index contributed by atoms with van der Waals surface area (Å²) in [6.07, 6.45) is -23.6. The molecule has 4 rings (SSSR count). The molecule has 0 spiro atoms. The van der Waals surface area contributed by atoms with Gasteiger partial charge in [0.05, 0.1) is 37.8 Å². The summed E-state index contributed by atoms with van der Waals surface area (Å²) < 4.78 is 39.4. The molecule has 20 nitrogen and oxygen atoms in total. The first-order valence-electron chi connectivity index (χ1n) is 18.1. The van der Waals surface area contributed by atoms with Crippen LogP contribution in [0.4, 0.5) is 0 Å². The Balaban J connectivity index is 1.44. The summed E-state index contributed by atoms with van der Waals surface area (Å²) in [7, 11) is 0. The third kappa shape index (κ3) is 10.7. The topological polar surface area (TPSA) is 328 Å². The molecule has 21 heteroatoms. The van der Waals surface area contributed by atoms with Gasteiger partial charge in [-0.1, -0.05) is 39.0 Å². The molecule has 312 valence electrons. The maximum Gasteiger partial charge on any atom is 0.187 e. The number of hydrogen-bond acceptors (Lipinski definition) is 21. The first-order chi connectivity index (χ1) is 25.3. The summed E-state index contributed by atoms with van der Waals surface area (Å²) in [5.74, 6) is 0. The van der Waals surface area contributed by atoms with E-state index in [2.05, 4.69) is 6.92 Å². The third-order valence-corrected chi connectivity index (χ3v) is 11.5. The van der Waals surface area contributed by atoms with E-state index in [0.717, 1.165) is 32.1 Å². The molecule has 4 heterocycles. The van der Waals surface area contributed by atoms with Crippen LogP contribution in [0.1, 0.15) is 45.4 Å². The molecule has 4 fully saturated rings. The maximum absolute atomic E-state index is 11.4. The van der Waals surface area contributed by atoms with Crippen molar-refractivity contribution in [2.45, 2.75) is 167 Å². The van der Waals surface area contributed by atoms with E-state index >= 15 is 0 Å². The van der Waals surface area contributed by atoms with Crippen LogP contribution in [0.25, 0.3) is 0 Å². The maximum atomic E-state index is 11.4. The zero-order valence-electron chi connectivity index (χ0n) is 29.4. The van der Waals surface area contributed by atoms with Crippen LogP contribution in [0, 0.1) is 0 Å². The van der Waals surface area contributed by atoms with Crippen LogP contribution in [0.2, 0.25) is 0 Å². The van der Waals surface area contributed by atoms with E-state index < -0.39 is 148 Å². The van der Waals surface area contributed by atoms with Crippen LogP contribution in [-0.2, 0) is 33.2 Å². The number of unbranched alkanes of at least 4 members (excludes halogenated alkanes) is 5. The van der Waals surface area contributed by atoms with Gasteiger partial charge in [0.2, 0.25) is 0 Å². The molecule has 0 aromatic heterocycles. The van der Waals surface area contributed by atoms with Gasteiger partial charge >= 0.3 is 0 Å². The van der Waals surface area contributed by atoms with Crippen molar-refractivity contribution in [2.24, 2.45) is 0 Å². The summed E-state index contributed by atoms with van der Waals surface area (Å²) in [6.45, 7) is -0.781. The second-order valence-electron chi connectivity index (χ2n) is 13.8. The smallest absolute Gasteiger partial charge is 0.187 e. The summed E-state index contributed by atoms with van der Waals surface area (Å²) in [4.78, 5) is 0. The highest BCUT2D eigenvalue weighted by Gasteiger charge is 2.55. The molecule has 0 unspecified atom stereocenters. The molecule has 20 atom stereocenters. The Morgan fingerprint density at radius 3 is 1.58 bits per heavy atom. The lowest BCUT2D eigenvalue weighted by molar-refractivity contribution is -0.348. The van der Waals surface area contributed by atoms with Gasteiger partial charge in [-0.3, -0.25) is 0 Å². The van der Waals surface area contributed by atoms with Crippen molar-refractivity contribution >= 4 is 11.8 Å². The predicted molar refractivity (Wildman–Crippen MR) is 178 cm³/mol. The van der Waals surface area contributed by atoms with Gasteiger partial charge in [0.1, 0.15) is 90.9 Å². The number of hydrogen-bond donors (Lipinski definition) is 13. The lowest BCUT2D eigenvalue weighted by atomic mass is 9.97. The predicted octanol–water partition coefficient (Wildman–Crippen LogP) is -5.65. The van der Waals surface area contributed by atoms with E-state index in [1.54, 1.807) is 0 Å². The average molecular weight is 795 g/mol. The zero-order chi connectivity index (χ0) is 39.0. The van der Waals surface area contributed by atoms with E-state index in [-0.39, 0.29) is 6.61 Å². The van der Waals surface area contributed by atoms with Crippen LogP contribution in [0.3, 0.4) is 0 Å². The standard InChI is InChI=1S/C32H58O20S/c1-2-3-4-5-6-7-8-46-29-23(43)21(41)26(16(12-36)49-29)51-31-25(45)28(19(39)15(11-35)48-31)53-32-24(44)27(18(38)14(10-34)50-32)52-30-22(42)20(40)17(37)13(9-33)47-30/h13-45H,2-12H2,1H3/t13-,14-,15-,16-,17+,18+,19+,20+,21-,22-,23-,24-,25-,26-,27+,28+,29-,30-,31+,32-/m1/s1. The summed E-state index contributed by atoms with van der Waals surface area (Å²) in [5.41, 5.74) is -1.52. The Hall–Kier alpha value is -0.450. The van der Waals surface area contributed by atoms with Crippen molar-refractivity contribution in [1.29, 1.82) is 0 Å². The molecule has 0 saturated carbocycles. The van der Waals surface area contributed by atoms with Gasteiger partial charge in [0.25, 0.3) is 0 Å². The molecule has 0 aromatic carbocycles. The van der Waals surface area contributed by atoms with Crippen LogP contribution >= 0.6 is 11.8 Å². The molecule has 0 bridgehead atoms. The fourth-order valence-corrected chi connectivity index (χ4v) is 8.20. The molecular weight excluding hydrogens is 736 g/mol. The Bertz CT molecular complexity index is 1050. The molecule has 4 saturated heterocycles. The Morgan fingerprint density at radius 2 is 0.962 bits per heavy atom. The van der Waals surface area contributed by atoms with Crippen LogP contribution in [-0.4, -0.2) is 221 Å². The van der Waals surface area contributed by atoms with Crippen molar-refractivity contribution in [1.82, 2.24) is 0 Å². The highest BCUT2D eigenvalue weighted by molar-refractivity contribution is 8.00. The van der Waals surface area contributed by atoms with Crippen LogP contribution in [0.5, 0.6) is 0 Å². The molecule has 0 radical (unpaired) electrons. The molecule has 13 N–H and O–H groups in total. The largest absolute Gasteiger partial charge is 0.394 e. The minimum Gasteiger partial charge on any atom is -0.394 e. The first-order valence-corrected chi connectivity index (χ1v) is 19.0. The van der Waals surface area contributed by atoms with Crippen molar-refractivity contribution in [3.05, 3.63) is 0 Å². The number of thioether (sulfide) groups is 1. The molecular formula is C32H58O20S. The van der Waals surface area contributed by atoms with Gasteiger partial charge in [-0.2, -0.15) is 0 Å². The normalized spacial score (nSPS) is 46.8. The Morgan fingerprint density at radius 1 is 0.453 bits per heavy atom. The van der Waals surface area contributed by atoms with E-state index in [1.165, 1.54) is 0 Å². The highest BCUT2D eigenvalue weighted by Crippen LogP contribution is 2.40. The number of aliphatic hydroxyl groups excluding tert-OH is 13. The zero-order valence-corrected chi connectivity index (χ0v) is 30.2. The lowest BCUT2D eigenvalue weighted by Crippen LogP contribution is -2.66. The van der Waals surface area contributed by atoms with Gasteiger partial charge in [0.15, 0.2) is 18.9 Å². The Kier molecular flexibility index (Phi) is 18.2. The second-order valence-corrected chi connectivity index (χ2v) is 15.0. The van der Waals surface area contributed by atoms with E-state index in [4.69, 9.17) is 33.2 Å². The van der Waals surface area contributed by atoms with E-state index in [0.29, 0.717) is 18.2 Å². The van der Waals surface area contributed by atoms with Gasteiger partial charge in [-0.05, 0) is 6.42 Å². The molecule has 4 aliphatic rings. The quantitative estimate of drug-likeness (QED) is 0.0575. The molecule has 0 aliphatic carbocycles. The lowest BCUT2D eigenvalue weighted by Gasteiger charge is -2.49. The fraction of sp³-hybridized carbons (Fsp3) is 1.00. The van der Waals surface area contributed by atoms with Crippen molar-refractivity contribution in [2.75, 3.05) is 33.0 Å². The van der Waals surface area contributed by atoms with Crippen molar-refractivity contribution in [3.8, 4) is 0 Å². The Labute approximate surface area is 310 Å². The van der Waals surface area contributed by atoms with Gasteiger partial charge in [0, 0.05) is 6.61 Å². The number of aliphatic hydroxyl groups is 13. The van der Waals surface area contributed by atoms with E-state index in [9.17, 15) is 66.4 Å². The minimum atomic E-state index is -1.90. The van der Waals surface area contributed by atoms with Crippen LogP contribution in [0.15, 0.2) is 0 Å². The first kappa shape index (κ1) is 45.3. The van der Waals surface area contributed by atoms with Gasteiger partial charge < -0.3 is 99.5 Å². The van der Waals surface area contributed by atoms with Gasteiger partial charge in [-0.25, -0.2) is 0 Å². The molecule has 0 aromatic rings. The van der Waals surface area contributed by atoms with Crippen molar-refractivity contribution in [3.63, 3.8) is 0 Å². The highest BCUT2D eigenvalue weighted by atomic mass is 32.2. The van der Waals surface area contributed by atoms with E-state index in [1.807, 2.05) is 0 Å². The minimum absolute atomic E-state index is 0.224. The molecule has 0 amide bonds. The average Bonchev–Trinajstić information content (AvgIpc) is 3.15. The third-order valence-electron chi connectivity index (χ3n) is 9.97. The van der Waals surface area contributed by atoms with Crippen LogP contribution < -0.4 is 0 Å². The monoisotopic (exact) mass is 794 g/mol.